The SMILES string of the molecule is CC1=C(C(=O)OCc2ccccc2)[C@@H](c2cn(-c3ccccc3)nc2-c2ccc([N+](=O)[O-])cc2)NC(=S)N1. The van der Waals surface area contributed by atoms with Crippen LogP contribution in [0.1, 0.15) is 24.1 Å². The summed E-state index contributed by atoms with van der Waals surface area (Å²) in [7, 11) is 0. The van der Waals surface area contributed by atoms with E-state index in [1.165, 1.54) is 12.1 Å². The molecule has 0 amide bonds. The number of rotatable bonds is 7. The largest absolute Gasteiger partial charge is 0.457 e. The number of ether oxygens (including phenoxy) is 1. The summed E-state index contributed by atoms with van der Waals surface area (Å²) < 4.78 is 7.39. The van der Waals surface area contributed by atoms with Gasteiger partial charge in [-0.2, -0.15) is 5.10 Å². The summed E-state index contributed by atoms with van der Waals surface area (Å²) in [5.41, 5.74) is 4.45. The topological polar surface area (TPSA) is 111 Å². The van der Waals surface area contributed by atoms with Crippen LogP contribution in [0, 0.1) is 10.1 Å². The van der Waals surface area contributed by atoms with Crippen LogP contribution in [0.4, 0.5) is 5.69 Å². The maximum atomic E-state index is 13.4. The Morgan fingerprint density at radius 2 is 1.71 bits per heavy atom. The van der Waals surface area contributed by atoms with E-state index in [0.717, 1.165) is 11.3 Å². The number of carbonyl (C=O) groups is 1. The number of hydrogen-bond acceptors (Lipinski definition) is 6. The normalized spacial score (nSPS) is 15.0. The lowest BCUT2D eigenvalue weighted by atomic mass is 9.94. The van der Waals surface area contributed by atoms with E-state index >= 15 is 0 Å². The second kappa shape index (κ2) is 10.7. The molecule has 1 atom stereocenters. The fourth-order valence-corrected chi connectivity index (χ4v) is 4.55. The average molecular weight is 526 g/mol. The Bertz CT molecular complexity index is 1530. The zero-order valence-electron chi connectivity index (χ0n) is 20.3. The van der Waals surface area contributed by atoms with Crippen molar-refractivity contribution in [2.24, 2.45) is 0 Å². The Hall–Kier alpha value is -4.83. The molecule has 0 bridgehead atoms. The molecule has 0 unspecified atom stereocenters. The van der Waals surface area contributed by atoms with Crippen LogP contribution in [0.15, 0.2) is 102 Å². The highest BCUT2D eigenvalue weighted by Crippen LogP contribution is 2.35. The molecule has 0 saturated carbocycles. The summed E-state index contributed by atoms with van der Waals surface area (Å²) in [5, 5.41) is 22.6. The minimum absolute atomic E-state index is 0.0279. The molecule has 0 fully saturated rings. The Balaban J connectivity index is 1.58. The number of allylic oxidation sites excluding steroid dienone is 1. The van der Waals surface area contributed by atoms with Crippen LogP contribution in [0.3, 0.4) is 0 Å². The van der Waals surface area contributed by atoms with Gasteiger partial charge in [-0.1, -0.05) is 48.5 Å². The lowest BCUT2D eigenvalue weighted by Crippen LogP contribution is -2.45. The number of carbonyl (C=O) groups excluding carboxylic acids is 1. The number of non-ortho nitro benzene ring substituents is 1. The van der Waals surface area contributed by atoms with Gasteiger partial charge in [-0.15, -0.1) is 0 Å². The van der Waals surface area contributed by atoms with Gasteiger partial charge in [0, 0.05) is 35.2 Å². The highest BCUT2D eigenvalue weighted by molar-refractivity contribution is 7.80. The summed E-state index contributed by atoms with van der Waals surface area (Å²) in [6, 6.07) is 24.4. The molecule has 1 aliphatic rings. The predicted octanol–water partition coefficient (Wildman–Crippen LogP) is 4.98. The number of benzene rings is 3. The number of hydrogen-bond donors (Lipinski definition) is 2. The van der Waals surface area contributed by atoms with E-state index in [-0.39, 0.29) is 12.3 Å². The standard InChI is InChI=1S/C28H23N5O4S/c1-18-24(27(34)37-17-19-8-4-2-5-9-19)26(30-28(38)29-18)23-16-32(21-10-6-3-7-11-21)31-25(23)20-12-14-22(15-13-20)33(35)36/h2-16,26H,17H2,1H3,(H2,29,30,38)/t26-/m1/s1. The van der Waals surface area contributed by atoms with E-state index in [9.17, 15) is 14.9 Å². The smallest absolute Gasteiger partial charge is 0.338 e. The van der Waals surface area contributed by atoms with Gasteiger partial charge in [0.15, 0.2) is 5.11 Å². The Morgan fingerprint density at radius 3 is 2.37 bits per heavy atom. The summed E-state index contributed by atoms with van der Waals surface area (Å²) in [5.74, 6) is -0.499. The molecule has 2 N–H and O–H groups in total. The van der Waals surface area contributed by atoms with Crippen LogP contribution in [0.25, 0.3) is 16.9 Å². The Kier molecular flexibility index (Phi) is 6.96. The quantitative estimate of drug-likeness (QED) is 0.150. The molecule has 9 nitrogen and oxygen atoms in total. The maximum absolute atomic E-state index is 13.4. The predicted molar refractivity (Wildman–Crippen MR) is 146 cm³/mol. The lowest BCUT2D eigenvalue weighted by Gasteiger charge is -2.29. The number of nitrogens with zero attached hydrogens (tertiary/aromatic N) is 3. The number of para-hydroxylation sites is 1. The van der Waals surface area contributed by atoms with Gasteiger partial charge in [0.05, 0.1) is 27.9 Å². The molecule has 5 rings (SSSR count). The van der Waals surface area contributed by atoms with E-state index in [0.29, 0.717) is 33.2 Å². The van der Waals surface area contributed by atoms with Gasteiger partial charge < -0.3 is 15.4 Å². The first-order valence-electron chi connectivity index (χ1n) is 11.8. The fourth-order valence-electron chi connectivity index (χ4n) is 4.28. The summed E-state index contributed by atoms with van der Waals surface area (Å²) >= 11 is 5.44. The van der Waals surface area contributed by atoms with Crippen molar-refractivity contribution in [2.45, 2.75) is 19.6 Å². The molecule has 190 valence electrons. The fraction of sp³-hybridized carbons (Fsp3) is 0.107. The van der Waals surface area contributed by atoms with Crippen molar-refractivity contribution < 1.29 is 14.5 Å². The zero-order valence-corrected chi connectivity index (χ0v) is 21.1. The number of esters is 1. The van der Waals surface area contributed by atoms with E-state index in [1.807, 2.05) is 66.9 Å². The average Bonchev–Trinajstić information content (AvgIpc) is 3.38. The number of nitro groups is 1. The van der Waals surface area contributed by atoms with E-state index in [1.54, 1.807) is 23.7 Å². The monoisotopic (exact) mass is 525 g/mol. The molecule has 0 radical (unpaired) electrons. The van der Waals surface area contributed by atoms with Crippen LogP contribution in [-0.2, 0) is 16.1 Å². The lowest BCUT2D eigenvalue weighted by molar-refractivity contribution is -0.384. The van der Waals surface area contributed by atoms with Crippen molar-refractivity contribution in [3.05, 3.63) is 124 Å². The van der Waals surface area contributed by atoms with Crippen LogP contribution in [0.5, 0.6) is 0 Å². The second-order valence-corrected chi connectivity index (χ2v) is 9.06. The van der Waals surface area contributed by atoms with Gasteiger partial charge in [-0.25, -0.2) is 9.48 Å². The minimum atomic E-state index is -0.672. The third kappa shape index (κ3) is 5.16. The van der Waals surface area contributed by atoms with Gasteiger partial charge in [0.25, 0.3) is 5.69 Å². The number of nitro benzene ring substituents is 1. The van der Waals surface area contributed by atoms with Crippen molar-refractivity contribution in [3.63, 3.8) is 0 Å². The number of nitrogens with one attached hydrogen (secondary N) is 2. The molecule has 0 spiro atoms. The first-order valence-corrected chi connectivity index (χ1v) is 12.2. The molecular weight excluding hydrogens is 502 g/mol. The maximum Gasteiger partial charge on any atom is 0.338 e. The van der Waals surface area contributed by atoms with Gasteiger partial charge >= 0.3 is 5.97 Å². The number of thiocarbonyl (C=S) groups is 1. The molecule has 10 heteroatoms. The molecule has 4 aromatic rings. The molecular formula is C28H23N5O4S. The summed E-state index contributed by atoms with van der Waals surface area (Å²) in [4.78, 5) is 24.2. The third-order valence-electron chi connectivity index (χ3n) is 6.13. The van der Waals surface area contributed by atoms with Crippen LogP contribution < -0.4 is 10.6 Å². The van der Waals surface area contributed by atoms with Crippen molar-refractivity contribution in [1.82, 2.24) is 20.4 Å². The summed E-state index contributed by atoms with van der Waals surface area (Å²) in [6.07, 6.45) is 1.83. The molecule has 0 saturated heterocycles. The number of aromatic nitrogens is 2. The van der Waals surface area contributed by atoms with Crippen LogP contribution in [0.2, 0.25) is 0 Å². The van der Waals surface area contributed by atoms with E-state index in [2.05, 4.69) is 10.6 Å². The third-order valence-corrected chi connectivity index (χ3v) is 6.35. The first kappa shape index (κ1) is 24.8. The molecule has 0 aliphatic carbocycles. The van der Waals surface area contributed by atoms with Gasteiger partial charge in [0.1, 0.15) is 6.61 Å². The van der Waals surface area contributed by atoms with Gasteiger partial charge in [-0.05, 0) is 49.0 Å². The second-order valence-electron chi connectivity index (χ2n) is 8.65. The van der Waals surface area contributed by atoms with E-state index in [4.69, 9.17) is 22.1 Å². The minimum Gasteiger partial charge on any atom is -0.457 e. The molecule has 2 heterocycles. The zero-order chi connectivity index (χ0) is 26.6. The highest BCUT2D eigenvalue weighted by atomic mass is 32.1. The molecule has 1 aromatic heterocycles. The van der Waals surface area contributed by atoms with Crippen LogP contribution in [-0.4, -0.2) is 25.8 Å². The van der Waals surface area contributed by atoms with Crippen LogP contribution >= 0.6 is 12.2 Å². The van der Waals surface area contributed by atoms with E-state index < -0.39 is 16.9 Å². The van der Waals surface area contributed by atoms with Gasteiger partial charge in [0.2, 0.25) is 0 Å². The van der Waals surface area contributed by atoms with Crippen molar-refractivity contribution in [3.8, 4) is 16.9 Å². The summed E-state index contributed by atoms with van der Waals surface area (Å²) in [6.45, 7) is 1.89. The van der Waals surface area contributed by atoms with Crippen molar-refractivity contribution in [1.29, 1.82) is 0 Å². The molecule has 1 aliphatic heterocycles. The first-order chi connectivity index (χ1) is 18.4. The Labute approximate surface area is 223 Å². The highest BCUT2D eigenvalue weighted by Gasteiger charge is 2.34. The molecule has 38 heavy (non-hydrogen) atoms. The Morgan fingerprint density at radius 1 is 1.05 bits per heavy atom. The van der Waals surface area contributed by atoms with Gasteiger partial charge in [-0.3, -0.25) is 10.1 Å². The van der Waals surface area contributed by atoms with Crippen molar-refractivity contribution >= 4 is 29.0 Å². The molecule has 3 aromatic carbocycles. The van der Waals surface area contributed by atoms with Crippen molar-refractivity contribution in [2.75, 3.05) is 0 Å².